The van der Waals surface area contributed by atoms with Crippen LogP contribution in [0.4, 0.5) is 10.1 Å². The summed E-state index contributed by atoms with van der Waals surface area (Å²) in [5, 5.41) is 3.34. The van der Waals surface area contributed by atoms with E-state index in [1.807, 2.05) is 0 Å². The van der Waals surface area contributed by atoms with Crippen LogP contribution in [0.25, 0.3) is 0 Å². The molecular formula is C16H24FN3O. The van der Waals surface area contributed by atoms with Crippen LogP contribution in [-0.2, 0) is 0 Å². The maximum absolute atomic E-state index is 14.0. The van der Waals surface area contributed by atoms with E-state index in [4.69, 9.17) is 5.73 Å². The van der Waals surface area contributed by atoms with Gasteiger partial charge in [0.1, 0.15) is 5.82 Å². The Morgan fingerprint density at radius 2 is 2.10 bits per heavy atom. The predicted molar refractivity (Wildman–Crippen MR) is 83.0 cm³/mol. The minimum Gasteiger partial charge on any atom is -0.368 e. The number of benzene rings is 1. The van der Waals surface area contributed by atoms with Gasteiger partial charge in [-0.15, -0.1) is 0 Å². The smallest absolute Gasteiger partial charge is 0.253 e. The number of rotatable bonds is 5. The Kier molecular flexibility index (Phi) is 5.17. The Balaban J connectivity index is 2.29. The van der Waals surface area contributed by atoms with Crippen molar-refractivity contribution in [2.45, 2.75) is 32.7 Å². The Bertz CT molecular complexity index is 498. The van der Waals surface area contributed by atoms with Gasteiger partial charge in [-0.3, -0.25) is 4.79 Å². The maximum atomic E-state index is 14.0. The average molecular weight is 293 g/mol. The van der Waals surface area contributed by atoms with Crippen LogP contribution in [0.1, 0.15) is 37.0 Å². The van der Waals surface area contributed by atoms with Crippen LogP contribution in [0.3, 0.4) is 0 Å². The van der Waals surface area contributed by atoms with Crippen LogP contribution in [-0.4, -0.2) is 31.6 Å². The molecule has 0 radical (unpaired) electrons. The number of carbonyl (C=O) groups excluding carboxylic acids is 1. The monoisotopic (exact) mass is 293 g/mol. The largest absolute Gasteiger partial charge is 0.368 e. The highest BCUT2D eigenvalue weighted by atomic mass is 19.1. The SMILES string of the molecule is CC(C)N(CC1CCNCC1)c1cccc(F)c1C(N)=O. The van der Waals surface area contributed by atoms with Gasteiger partial charge in [0, 0.05) is 12.6 Å². The number of anilines is 1. The molecule has 1 aliphatic rings. The molecule has 0 atom stereocenters. The van der Waals surface area contributed by atoms with Gasteiger partial charge in [-0.05, 0) is 57.8 Å². The summed E-state index contributed by atoms with van der Waals surface area (Å²) in [4.78, 5) is 13.7. The number of amides is 1. The minimum absolute atomic E-state index is 0.000124. The molecule has 116 valence electrons. The molecule has 0 aromatic heterocycles. The molecule has 0 unspecified atom stereocenters. The van der Waals surface area contributed by atoms with Crippen LogP contribution >= 0.6 is 0 Å². The number of hydrogen-bond donors (Lipinski definition) is 2. The van der Waals surface area contributed by atoms with Crippen molar-refractivity contribution in [2.24, 2.45) is 11.7 Å². The molecular weight excluding hydrogens is 269 g/mol. The van der Waals surface area contributed by atoms with Crippen molar-refractivity contribution >= 4 is 11.6 Å². The van der Waals surface area contributed by atoms with E-state index in [9.17, 15) is 9.18 Å². The quantitative estimate of drug-likeness (QED) is 0.874. The van der Waals surface area contributed by atoms with E-state index in [1.165, 1.54) is 6.07 Å². The lowest BCUT2D eigenvalue weighted by molar-refractivity contribution is 0.0997. The number of hydrogen-bond acceptors (Lipinski definition) is 3. The molecule has 1 heterocycles. The normalized spacial score (nSPS) is 16.2. The van der Waals surface area contributed by atoms with Gasteiger partial charge in [-0.2, -0.15) is 0 Å². The fourth-order valence-corrected chi connectivity index (χ4v) is 2.93. The van der Waals surface area contributed by atoms with E-state index < -0.39 is 11.7 Å². The Hall–Kier alpha value is -1.62. The second-order valence-electron chi connectivity index (χ2n) is 5.94. The zero-order chi connectivity index (χ0) is 15.4. The van der Waals surface area contributed by atoms with E-state index in [0.29, 0.717) is 11.6 Å². The van der Waals surface area contributed by atoms with Gasteiger partial charge >= 0.3 is 0 Å². The van der Waals surface area contributed by atoms with Crippen LogP contribution in [0, 0.1) is 11.7 Å². The van der Waals surface area contributed by atoms with Crippen molar-refractivity contribution in [3.05, 3.63) is 29.6 Å². The molecule has 0 bridgehead atoms. The Morgan fingerprint density at radius 3 is 2.67 bits per heavy atom. The lowest BCUT2D eigenvalue weighted by Gasteiger charge is -2.35. The Morgan fingerprint density at radius 1 is 1.43 bits per heavy atom. The van der Waals surface area contributed by atoms with Crippen LogP contribution in [0.2, 0.25) is 0 Å². The molecule has 1 aromatic carbocycles. The molecule has 1 aromatic rings. The third-order valence-electron chi connectivity index (χ3n) is 4.08. The van der Waals surface area contributed by atoms with Gasteiger partial charge in [-0.1, -0.05) is 6.07 Å². The van der Waals surface area contributed by atoms with E-state index in [1.54, 1.807) is 12.1 Å². The van der Waals surface area contributed by atoms with Crippen molar-refractivity contribution in [1.82, 2.24) is 5.32 Å². The third kappa shape index (κ3) is 3.73. The van der Waals surface area contributed by atoms with Crippen molar-refractivity contribution in [2.75, 3.05) is 24.5 Å². The van der Waals surface area contributed by atoms with Crippen LogP contribution in [0.5, 0.6) is 0 Å². The summed E-state index contributed by atoms with van der Waals surface area (Å²) in [7, 11) is 0. The van der Waals surface area contributed by atoms with Crippen LogP contribution < -0.4 is 16.0 Å². The number of primary amides is 1. The van der Waals surface area contributed by atoms with E-state index >= 15 is 0 Å². The third-order valence-corrected chi connectivity index (χ3v) is 4.08. The summed E-state index contributed by atoms with van der Waals surface area (Å²) >= 11 is 0. The number of halogens is 1. The Labute approximate surface area is 125 Å². The van der Waals surface area contributed by atoms with Gasteiger partial charge in [0.15, 0.2) is 0 Å². The topological polar surface area (TPSA) is 58.4 Å². The highest BCUT2D eigenvalue weighted by Gasteiger charge is 2.24. The van der Waals surface area contributed by atoms with Gasteiger partial charge < -0.3 is 16.0 Å². The van der Waals surface area contributed by atoms with Crippen molar-refractivity contribution < 1.29 is 9.18 Å². The molecule has 5 heteroatoms. The summed E-state index contributed by atoms with van der Waals surface area (Å²) < 4.78 is 14.0. The van der Waals surface area contributed by atoms with Crippen molar-refractivity contribution in [3.63, 3.8) is 0 Å². The first kappa shape index (κ1) is 15.8. The molecule has 0 saturated carbocycles. The molecule has 2 rings (SSSR count). The van der Waals surface area contributed by atoms with Gasteiger partial charge in [0.25, 0.3) is 5.91 Å². The number of piperidine rings is 1. The fourth-order valence-electron chi connectivity index (χ4n) is 2.93. The highest BCUT2D eigenvalue weighted by molar-refractivity contribution is 5.99. The summed E-state index contributed by atoms with van der Waals surface area (Å²) in [5.41, 5.74) is 5.98. The predicted octanol–water partition coefficient (Wildman–Crippen LogP) is 2.14. The van der Waals surface area contributed by atoms with E-state index in [-0.39, 0.29) is 11.6 Å². The summed E-state index contributed by atoms with van der Waals surface area (Å²) in [6.45, 7) is 6.96. The molecule has 21 heavy (non-hydrogen) atoms. The lowest BCUT2D eigenvalue weighted by Crippen LogP contribution is -2.40. The second kappa shape index (κ2) is 6.89. The van der Waals surface area contributed by atoms with E-state index in [0.717, 1.165) is 32.5 Å². The summed E-state index contributed by atoms with van der Waals surface area (Å²) in [6, 6.07) is 4.88. The highest BCUT2D eigenvalue weighted by Crippen LogP contribution is 2.27. The van der Waals surface area contributed by atoms with Crippen molar-refractivity contribution in [1.29, 1.82) is 0 Å². The molecule has 0 spiro atoms. The minimum atomic E-state index is -0.709. The summed E-state index contributed by atoms with van der Waals surface area (Å²) in [6.07, 6.45) is 2.20. The molecule has 1 amide bonds. The van der Waals surface area contributed by atoms with Gasteiger partial charge in [0.2, 0.25) is 0 Å². The lowest BCUT2D eigenvalue weighted by atomic mass is 9.96. The fraction of sp³-hybridized carbons (Fsp3) is 0.562. The first-order valence-electron chi connectivity index (χ1n) is 7.56. The average Bonchev–Trinajstić information content (AvgIpc) is 2.45. The van der Waals surface area contributed by atoms with Gasteiger partial charge in [0.05, 0.1) is 11.3 Å². The molecule has 1 aliphatic heterocycles. The molecule has 3 N–H and O–H groups in total. The number of nitrogens with one attached hydrogen (secondary N) is 1. The number of carbonyl (C=O) groups is 1. The van der Waals surface area contributed by atoms with Crippen LogP contribution in [0.15, 0.2) is 18.2 Å². The molecule has 0 aliphatic carbocycles. The van der Waals surface area contributed by atoms with E-state index in [2.05, 4.69) is 24.1 Å². The zero-order valence-corrected chi connectivity index (χ0v) is 12.7. The van der Waals surface area contributed by atoms with Gasteiger partial charge in [-0.25, -0.2) is 4.39 Å². The standard InChI is InChI=1S/C16H24FN3O/c1-11(2)20(10-12-6-8-19-9-7-12)14-5-3-4-13(17)15(14)16(18)21/h3-5,11-12,19H,6-10H2,1-2H3,(H2,18,21). The number of nitrogens with zero attached hydrogens (tertiary/aromatic N) is 1. The van der Waals surface area contributed by atoms with Crippen molar-refractivity contribution in [3.8, 4) is 0 Å². The molecule has 4 nitrogen and oxygen atoms in total. The second-order valence-corrected chi connectivity index (χ2v) is 5.94. The molecule has 1 fully saturated rings. The summed E-state index contributed by atoms with van der Waals surface area (Å²) in [5.74, 6) is -0.701. The zero-order valence-electron chi connectivity index (χ0n) is 12.7. The first-order valence-corrected chi connectivity index (χ1v) is 7.56. The molecule has 1 saturated heterocycles. The first-order chi connectivity index (χ1) is 10.0. The number of nitrogens with two attached hydrogens (primary N) is 1. The maximum Gasteiger partial charge on any atom is 0.253 e.